The van der Waals surface area contributed by atoms with Crippen molar-refractivity contribution in [1.29, 1.82) is 0 Å². The van der Waals surface area contributed by atoms with E-state index in [2.05, 4.69) is 4.98 Å². The number of oxazole rings is 1. The van der Waals surface area contributed by atoms with Gasteiger partial charge in [-0.05, 0) is 30.3 Å². The summed E-state index contributed by atoms with van der Waals surface area (Å²) in [7, 11) is 1.80. The van der Waals surface area contributed by atoms with Crippen LogP contribution in [-0.4, -0.2) is 35.9 Å². The van der Waals surface area contributed by atoms with Gasteiger partial charge in [0.1, 0.15) is 5.76 Å². The summed E-state index contributed by atoms with van der Waals surface area (Å²) in [6.07, 6.45) is 0.248. The van der Waals surface area contributed by atoms with Crippen molar-refractivity contribution in [2.24, 2.45) is 11.1 Å². The smallest absolute Gasteiger partial charge is 0.236 e. The Balaban J connectivity index is 2.06. The average molecular weight is 321 g/mol. The molecule has 0 radical (unpaired) electrons. The molecule has 0 fully saturated rings. The van der Waals surface area contributed by atoms with E-state index in [4.69, 9.17) is 10.2 Å². The van der Waals surface area contributed by atoms with E-state index in [1.165, 1.54) is 0 Å². The molecular formula is C16H23N3O2S. The Morgan fingerprint density at radius 1 is 1.50 bits per heavy atom. The molecule has 1 amide bonds. The zero-order valence-corrected chi connectivity index (χ0v) is 14.4. The van der Waals surface area contributed by atoms with E-state index in [1.54, 1.807) is 23.3 Å². The highest BCUT2D eigenvalue weighted by atomic mass is 32.1. The van der Waals surface area contributed by atoms with Crippen molar-refractivity contribution >= 4 is 17.2 Å². The monoisotopic (exact) mass is 321 g/mol. The van der Waals surface area contributed by atoms with Crippen LogP contribution in [0.25, 0.3) is 10.8 Å². The van der Waals surface area contributed by atoms with Crippen LogP contribution in [0.2, 0.25) is 0 Å². The van der Waals surface area contributed by atoms with Crippen molar-refractivity contribution in [2.45, 2.75) is 27.2 Å². The second kappa shape index (κ2) is 6.62. The fraction of sp³-hybridized carbons (Fsp3) is 0.500. The number of likely N-dealkylation sites (N-methyl/N-ethyl adjacent to an activating group) is 1. The normalized spacial score (nSPS) is 11.7. The average Bonchev–Trinajstić information content (AvgIpc) is 3.08. The van der Waals surface area contributed by atoms with Crippen LogP contribution in [0.3, 0.4) is 0 Å². The fourth-order valence-electron chi connectivity index (χ4n) is 2.17. The van der Waals surface area contributed by atoms with Crippen molar-refractivity contribution in [3.05, 3.63) is 29.0 Å². The third-order valence-corrected chi connectivity index (χ3v) is 4.44. The van der Waals surface area contributed by atoms with Gasteiger partial charge in [-0.3, -0.25) is 4.79 Å². The number of nitrogens with zero attached hydrogens (tertiary/aromatic N) is 2. The lowest BCUT2D eigenvalue weighted by Crippen LogP contribution is -2.40. The van der Waals surface area contributed by atoms with Crippen LogP contribution < -0.4 is 5.73 Å². The largest absolute Gasteiger partial charge is 0.440 e. The highest BCUT2D eigenvalue weighted by Crippen LogP contribution is 2.26. The number of amides is 1. The predicted octanol–water partition coefficient (Wildman–Crippen LogP) is 2.70. The van der Waals surface area contributed by atoms with Crippen LogP contribution >= 0.6 is 11.3 Å². The zero-order chi connectivity index (χ0) is 16.3. The minimum Gasteiger partial charge on any atom is -0.440 e. The highest BCUT2D eigenvalue weighted by molar-refractivity contribution is 7.13. The Morgan fingerprint density at radius 3 is 2.82 bits per heavy atom. The van der Waals surface area contributed by atoms with E-state index < -0.39 is 0 Å². The molecule has 0 aliphatic rings. The molecule has 120 valence electrons. The third kappa shape index (κ3) is 3.96. The van der Waals surface area contributed by atoms with Gasteiger partial charge in [0.25, 0.3) is 0 Å². The quantitative estimate of drug-likeness (QED) is 0.888. The van der Waals surface area contributed by atoms with Gasteiger partial charge in [-0.25, -0.2) is 4.98 Å². The van der Waals surface area contributed by atoms with Crippen molar-refractivity contribution in [3.8, 4) is 10.8 Å². The van der Waals surface area contributed by atoms with Crippen LogP contribution in [0.15, 0.2) is 21.9 Å². The molecule has 0 aliphatic heterocycles. The Hall–Kier alpha value is -1.66. The van der Waals surface area contributed by atoms with E-state index in [0.29, 0.717) is 30.4 Å². The number of nitrogens with two attached hydrogens (primary N) is 1. The predicted molar refractivity (Wildman–Crippen MR) is 88.7 cm³/mol. The minimum absolute atomic E-state index is 0.0238. The first-order chi connectivity index (χ1) is 10.3. The first-order valence-electron chi connectivity index (χ1n) is 7.26. The molecule has 6 heteroatoms. The lowest BCUT2D eigenvalue weighted by Gasteiger charge is -2.28. The van der Waals surface area contributed by atoms with Gasteiger partial charge in [0.05, 0.1) is 17.0 Å². The molecule has 2 aromatic rings. The second-order valence-electron chi connectivity index (χ2n) is 6.29. The number of carbonyl (C=O) groups is 1. The molecule has 0 saturated heterocycles. The van der Waals surface area contributed by atoms with Gasteiger partial charge in [0.2, 0.25) is 11.8 Å². The molecular weight excluding hydrogens is 298 g/mol. The summed E-state index contributed by atoms with van der Waals surface area (Å²) in [6.45, 7) is 7.10. The summed E-state index contributed by atoms with van der Waals surface area (Å²) in [4.78, 5) is 19.5. The van der Waals surface area contributed by atoms with Crippen LogP contribution in [0, 0.1) is 12.3 Å². The number of carbonyl (C=O) groups excluding carboxylic acids is 1. The Labute approximate surface area is 135 Å². The topological polar surface area (TPSA) is 72.4 Å². The number of aryl methyl sites for hydroxylation is 1. The maximum absolute atomic E-state index is 12.4. The second-order valence-corrected chi connectivity index (χ2v) is 7.24. The number of rotatable bonds is 6. The molecule has 22 heavy (non-hydrogen) atoms. The minimum atomic E-state index is -0.0919. The van der Waals surface area contributed by atoms with Gasteiger partial charge >= 0.3 is 0 Å². The number of hydrogen-bond acceptors (Lipinski definition) is 5. The van der Waals surface area contributed by atoms with Gasteiger partial charge in [0, 0.05) is 13.6 Å². The summed E-state index contributed by atoms with van der Waals surface area (Å²) in [5.74, 6) is 1.30. The maximum atomic E-state index is 12.4. The number of aromatic nitrogens is 1. The van der Waals surface area contributed by atoms with E-state index in [-0.39, 0.29) is 17.7 Å². The number of hydrogen-bond donors (Lipinski definition) is 1. The molecule has 0 atom stereocenters. The third-order valence-electron chi connectivity index (χ3n) is 3.59. The summed E-state index contributed by atoms with van der Waals surface area (Å²) in [6, 6.07) is 3.91. The molecule has 0 unspecified atom stereocenters. The van der Waals surface area contributed by atoms with Crippen LogP contribution in [-0.2, 0) is 11.2 Å². The van der Waals surface area contributed by atoms with Crippen molar-refractivity contribution in [2.75, 3.05) is 20.1 Å². The molecule has 0 aliphatic carbocycles. The molecule has 0 spiro atoms. The van der Waals surface area contributed by atoms with Crippen molar-refractivity contribution in [1.82, 2.24) is 9.88 Å². The Morgan fingerprint density at radius 2 is 2.23 bits per heavy atom. The summed E-state index contributed by atoms with van der Waals surface area (Å²) in [5.41, 5.74) is 6.33. The summed E-state index contributed by atoms with van der Waals surface area (Å²) < 4.78 is 5.67. The van der Waals surface area contributed by atoms with Gasteiger partial charge in [0.15, 0.2) is 0 Å². The van der Waals surface area contributed by atoms with E-state index in [1.807, 2.05) is 38.3 Å². The van der Waals surface area contributed by atoms with Gasteiger partial charge in [-0.2, -0.15) is 0 Å². The molecule has 0 aromatic carbocycles. The van der Waals surface area contributed by atoms with E-state index >= 15 is 0 Å². The molecule has 5 nitrogen and oxygen atoms in total. The van der Waals surface area contributed by atoms with Gasteiger partial charge in [-0.15, -0.1) is 11.3 Å². The first-order valence-corrected chi connectivity index (χ1v) is 8.14. The standard InChI is InChI=1S/C16H23N3O2S/c1-11-12(18-15(21-11)13-6-5-7-22-13)8-14(20)19(4)10-16(2,3)9-17/h5-7H,8-10,17H2,1-4H3. The van der Waals surface area contributed by atoms with Crippen LogP contribution in [0.1, 0.15) is 25.3 Å². The molecule has 2 rings (SSSR count). The van der Waals surface area contributed by atoms with Gasteiger partial charge < -0.3 is 15.1 Å². The van der Waals surface area contributed by atoms with Crippen molar-refractivity contribution in [3.63, 3.8) is 0 Å². The lowest BCUT2D eigenvalue weighted by molar-refractivity contribution is -0.130. The Kier molecular flexibility index (Phi) is 5.03. The van der Waals surface area contributed by atoms with Crippen LogP contribution in [0.5, 0.6) is 0 Å². The highest BCUT2D eigenvalue weighted by Gasteiger charge is 2.23. The summed E-state index contributed by atoms with van der Waals surface area (Å²) in [5, 5.41) is 1.97. The molecule has 2 aromatic heterocycles. The molecule has 0 bridgehead atoms. The maximum Gasteiger partial charge on any atom is 0.236 e. The SMILES string of the molecule is Cc1oc(-c2cccs2)nc1CC(=O)N(C)CC(C)(C)CN. The fourth-order valence-corrected chi connectivity index (χ4v) is 2.82. The van der Waals surface area contributed by atoms with E-state index in [9.17, 15) is 4.79 Å². The lowest BCUT2D eigenvalue weighted by atomic mass is 9.93. The summed E-state index contributed by atoms with van der Waals surface area (Å²) >= 11 is 1.57. The molecule has 2 N–H and O–H groups in total. The number of thiophene rings is 1. The van der Waals surface area contributed by atoms with Crippen LogP contribution in [0.4, 0.5) is 0 Å². The van der Waals surface area contributed by atoms with Gasteiger partial charge in [-0.1, -0.05) is 19.9 Å². The zero-order valence-electron chi connectivity index (χ0n) is 13.5. The molecule has 0 saturated carbocycles. The Bertz CT molecular complexity index is 632. The first kappa shape index (κ1) is 16.7. The van der Waals surface area contributed by atoms with Crippen molar-refractivity contribution < 1.29 is 9.21 Å². The van der Waals surface area contributed by atoms with E-state index in [0.717, 1.165) is 4.88 Å². The molecule has 2 heterocycles.